The zero-order valence-electron chi connectivity index (χ0n) is 14.5. The highest BCUT2D eigenvalue weighted by Gasteiger charge is 2.26. The molecule has 0 aliphatic carbocycles. The molecule has 4 rings (SSSR count). The molecule has 2 aliphatic heterocycles. The van der Waals surface area contributed by atoms with Crippen LogP contribution in [0.4, 0.5) is 0 Å². The van der Waals surface area contributed by atoms with Gasteiger partial charge in [-0.05, 0) is 23.3 Å². The van der Waals surface area contributed by atoms with Gasteiger partial charge in [-0.15, -0.1) is 0 Å². The predicted molar refractivity (Wildman–Crippen MR) is 97.1 cm³/mol. The number of piperazine rings is 1. The molecule has 2 fully saturated rings. The third-order valence-electron chi connectivity index (χ3n) is 4.79. The van der Waals surface area contributed by atoms with Crippen LogP contribution in [0.25, 0.3) is 0 Å². The summed E-state index contributed by atoms with van der Waals surface area (Å²) in [6.45, 7) is 4.07. The van der Waals surface area contributed by atoms with Crippen LogP contribution < -0.4 is 21.9 Å². The number of aromatic nitrogens is 1. The molecule has 8 nitrogen and oxygen atoms in total. The molecule has 0 unspecified atom stereocenters. The highest BCUT2D eigenvalue weighted by Crippen LogP contribution is 2.19. The number of carbonyl (C=O) groups is 1. The van der Waals surface area contributed by atoms with Gasteiger partial charge in [-0.2, -0.15) is 11.1 Å². The normalized spacial score (nSPS) is 19.0. The van der Waals surface area contributed by atoms with Crippen molar-refractivity contribution in [2.24, 2.45) is 0 Å². The molecule has 0 atom stereocenters. The standard InChI is InChI=1S/C18H23N7O/c26-18(16-6-2-1-5-15(16)17-20-22-23-21-17)25-10-8-24(9-11-25)13-14-4-3-7-19-12-14/h1-7,12,17,20-23H,8-11,13H2. The molecular formula is C18H23N7O. The number of hydrogen-bond donors (Lipinski definition) is 4. The summed E-state index contributed by atoms with van der Waals surface area (Å²) < 4.78 is 0. The summed E-state index contributed by atoms with van der Waals surface area (Å²) >= 11 is 0. The van der Waals surface area contributed by atoms with Gasteiger partial charge >= 0.3 is 0 Å². The number of pyridine rings is 1. The monoisotopic (exact) mass is 353 g/mol. The van der Waals surface area contributed by atoms with Crippen molar-refractivity contribution in [3.63, 3.8) is 0 Å². The minimum Gasteiger partial charge on any atom is -0.336 e. The Morgan fingerprint density at radius 1 is 1.04 bits per heavy atom. The van der Waals surface area contributed by atoms with E-state index in [1.807, 2.05) is 41.4 Å². The van der Waals surface area contributed by atoms with Crippen molar-refractivity contribution < 1.29 is 4.79 Å². The molecule has 1 aromatic carbocycles. The minimum absolute atomic E-state index is 0.0807. The molecule has 4 N–H and O–H groups in total. The van der Waals surface area contributed by atoms with Gasteiger partial charge in [-0.1, -0.05) is 24.3 Å². The lowest BCUT2D eigenvalue weighted by atomic mass is 10.0. The molecule has 136 valence electrons. The molecule has 0 spiro atoms. The van der Waals surface area contributed by atoms with Crippen LogP contribution in [-0.2, 0) is 6.54 Å². The lowest BCUT2D eigenvalue weighted by Gasteiger charge is -2.35. The quantitative estimate of drug-likeness (QED) is 0.623. The first-order chi connectivity index (χ1) is 12.8. The van der Waals surface area contributed by atoms with Crippen LogP contribution in [0.2, 0.25) is 0 Å². The fraction of sp³-hybridized carbons (Fsp3) is 0.333. The Kier molecular flexibility index (Phi) is 5.19. The van der Waals surface area contributed by atoms with Gasteiger partial charge in [0.2, 0.25) is 0 Å². The second kappa shape index (κ2) is 7.90. The van der Waals surface area contributed by atoms with E-state index in [9.17, 15) is 4.79 Å². The first-order valence-electron chi connectivity index (χ1n) is 8.82. The van der Waals surface area contributed by atoms with E-state index in [1.54, 1.807) is 6.20 Å². The Morgan fingerprint density at radius 3 is 2.54 bits per heavy atom. The Hall–Kier alpha value is -2.36. The Labute approximate surface area is 152 Å². The largest absolute Gasteiger partial charge is 0.336 e. The van der Waals surface area contributed by atoms with E-state index in [0.29, 0.717) is 0 Å². The third kappa shape index (κ3) is 3.74. The third-order valence-corrected chi connectivity index (χ3v) is 4.79. The van der Waals surface area contributed by atoms with Gasteiger partial charge in [0.15, 0.2) is 0 Å². The number of hydrogen-bond acceptors (Lipinski definition) is 7. The smallest absolute Gasteiger partial charge is 0.254 e. The summed E-state index contributed by atoms with van der Waals surface area (Å²) in [5.41, 5.74) is 14.5. The summed E-state index contributed by atoms with van der Waals surface area (Å²) in [6.07, 6.45) is 3.54. The molecule has 0 saturated carbocycles. The van der Waals surface area contributed by atoms with E-state index in [0.717, 1.165) is 43.9 Å². The number of hydrazine groups is 3. The number of amides is 1. The molecule has 8 heteroatoms. The molecule has 1 amide bonds. The van der Waals surface area contributed by atoms with Crippen molar-refractivity contribution in [3.05, 3.63) is 65.5 Å². The molecule has 2 saturated heterocycles. The lowest BCUT2D eigenvalue weighted by molar-refractivity contribution is 0.0626. The van der Waals surface area contributed by atoms with Crippen LogP contribution in [0.3, 0.4) is 0 Å². The zero-order chi connectivity index (χ0) is 17.8. The topological polar surface area (TPSA) is 84.6 Å². The predicted octanol–water partition coefficient (Wildman–Crippen LogP) is 0.155. The molecule has 0 bridgehead atoms. The van der Waals surface area contributed by atoms with Crippen LogP contribution in [0.1, 0.15) is 27.7 Å². The summed E-state index contributed by atoms with van der Waals surface area (Å²) in [5, 5.41) is 0. The molecule has 1 aromatic heterocycles. The van der Waals surface area contributed by atoms with Crippen LogP contribution in [-0.4, -0.2) is 46.9 Å². The number of rotatable bonds is 4. The first-order valence-corrected chi connectivity index (χ1v) is 8.82. The SMILES string of the molecule is O=C(c1ccccc1C1NNNN1)N1CCN(Cc2cccnc2)CC1. The van der Waals surface area contributed by atoms with E-state index in [4.69, 9.17) is 0 Å². The van der Waals surface area contributed by atoms with E-state index in [-0.39, 0.29) is 12.1 Å². The molecule has 2 aliphatic rings. The van der Waals surface area contributed by atoms with Gasteiger partial charge in [0.1, 0.15) is 6.17 Å². The average molecular weight is 353 g/mol. The van der Waals surface area contributed by atoms with Crippen molar-refractivity contribution >= 4 is 5.91 Å². The van der Waals surface area contributed by atoms with Gasteiger partial charge in [0.25, 0.3) is 5.91 Å². The highest BCUT2D eigenvalue weighted by molar-refractivity contribution is 5.96. The number of nitrogens with zero attached hydrogens (tertiary/aromatic N) is 3. The van der Waals surface area contributed by atoms with Gasteiger partial charge < -0.3 is 4.90 Å². The minimum atomic E-state index is -0.151. The summed E-state index contributed by atoms with van der Waals surface area (Å²) in [6, 6.07) is 11.8. The molecule has 26 heavy (non-hydrogen) atoms. The zero-order valence-corrected chi connectivity index (χ0v) is 14.5. The van der Waals surface area contributed by atoms with Crippen molar-refractivity contribution in [1.29, 1.82) is 0 Å². The van der Waals surface area contributed by atoms with E-state index in [1.165, 1.54) is 5.56 Å². The fourth-order valence-corrected chi connectivity index (χ4v) is 3.38. The van der Waals surface area contributed by atoms with E-state index in [2.05, 4.69) is 37.9 Å². The van der Waals surface area contributed by atoms with E-state index < -0.39 is 0 Å². The highest BCUT2D eigenvalue weighted by atomic mass is 16.2. The van der Waals surface area contributed by atoms with Crippen molar-refractivity contribution in [2.75, 3.05) is 26.2 Å². The van der Waals surface area contributed by atoms with Crippen LogP contribution >= 0.6 is 0 Å². The first kappa shape index (κ1) is 17.1. The van der Waals surface area contributed by atoms with Crippen molar-refractivity contribution in [3.8, 4) is 0 Å². The number of carbonyl (C=O) groups excluding carboxylic acids is 1. The van der Waals surface area contributed by atoms with E-state index >= 15 is 0 Å². The fourth-order valence-electron chi connectivity index (χ4n) is 3.38. The summed E-state index contributed by atoms with van der Waals surface area (Å²) in [4.78, 5) is 21.5. The van der Waals surface area contributed by atoms with Gasteiger partial charge in [-0.25, -0.2) is 10.9 Å². The Morgan fingerprint density at radius 2 is 1.81 bits per heavy atom. The van der Waals surface area contributed by atoms with Gasteiger partial charge in [-0.3, -0.25) is 14.7 Å². The average Bonchev–Trinajstić information content (AvgIpc) is 3.24. The Balaban J connectivity index is 1.39. The molecular weight excluding hydrogens is 330 g/mol. The molecule has 3 heterocycles. The second-order valence-corrected chi connectivity index (χ2v) is 6.49. The molecule has 0 radical (unpaired) electrons. The number of benzene rings is 1. The lowest BCUT2D eigenvalue weighted by Crippen LogP contribution is -2.48. The Bertz CT molecular complexity index is 740. The van der Waals surface area contributed by atoms with Gasteiger partial charge in [0.05, 0.1) is 0 Å². The summed E-state index contributed by atoms with van der Waals surface area (Å²) in [7, 11) is 0. The second-order valence-electron chi connectivity index (χ2n) is 6.49. The van der Waals surface area contributed by atoms with Crippen LogP contribution in [0, 0.1) is 0 Å². The van der Waals surface area contributed by atoms with Crippen molar-refractivity contribution in [2.45, 2.75) is 12.7 Å². The maximum atomic E-state index is 13.0. The maximum Gasteiger partial charge on any atom is 0.254 e. The van der Waals surface area contributed by atoms with Crippen LogP contribution in [0.15, 0.2) is 48.8 Å². The maximum absolute atomic E-state index is 13.0. The summed E-state index contributed by atoms with van der Waals surface area (Å²) in [5.74, 6) is 0.0807. The number of nitrogens with one attached hydrogen (secondary N) is 4. The molecule has 2 aromatic rings. The van der Waals surface area contributed by atoms with Gasteiger partial charge in [0, 0.05) is 50.7 Å². The van der Waals surface area contributed by atoms with Crippen molar-refractivity contribution in [1.82, 2.24) is 36.7 Å². The van der Waals surface area contributed by atoms with Crippen LogP contribution in [0.5, 0.6) is 0 Å².